The van der Waals surface area contributed by atoms with Crippen LogP contribution < -0.4 is 5.32 Å². The Morgan fingerprint density at radius 2 is 0.818 bits per heavy atom. The third-order valence-corrected chi connectivity index (χ3v) is 14.6. The fraction of sp³-hybridized carbons (Fsp3) is 0.750. The number of carbonyl (C=O) groups is 1. The van der Waals surface area contributed by atoms with Crippen molar-refractivity contribution in [1.29, 1.82) is 0 Å². The Kier molecular flexibility index (Phi) is 52.8. The van der Waals surface area contributed by atoms with Crippen LogP contribution in [-0.2, 0) is 14.3 Å². The summed E-state index contributed by atoms with van der Waals surface area (Å²) in [6.07, 6.45) is 74.9. The van der Waals surface area contributed by atoms with Crippen LogP contribution in [0.2, 0.25) is 0 Å². The molecule has 1 aliphatic rings. The van der Waals surface area contributed by atoms with Gasteiger partial charge < -0.3 is 40.3 Å². The van der Waals surface area contributed by atoms with Gasteiger partial charge in [0.15, 0.2) is 6.29 Å². The second kappa shape index (κ2) is 56.4. The molecule has 0 aromatic rings. The van der Waals surface area contributed by atoms with Crippen LogP contribution >= 0.6 is 0 Å². The smallest absolute Gasteiger partial charge is 0.220 e. The Bertz CT molecular complexity index is 1530. The van der Waals surface area contributed by atoms with Crippen molar-refractivity contribution in [2.75, 3.05) is 13.2 Å². The van der Waals surface area contributed by atoms with Crippen LogP contribution in [0, 0.1) is 0 Å². The van der Waals surface area contributed by atoms with Crippen molar-refractivity contribution >= 4 is 5.91 Å². The van der Waals surface area contributed by atoms with Crippen molar-refractivity contribution in [2.45, 2.75) is 314 Å². The van der Waals surface area contributed by atoms with E-state index in [2.05, 4.69) is 104 Å². The van der Waals surface area contributed by atoms with E-state index < -0.39 is 49.5 Å². The van der Waals surface area contributed by atoms with Gasteiger partial charge in [-0.3, -0.25) is 4.79 Å². The van der Waals surface area contributed by atoms with E-state index in [1.165, 1.54) is 173 Å². The summed E-state index contributed by atoms with van der Waals surface area (Å²) in [5, 5.41) is 54.6. The molecule has 444 valence electrons. The maximum Gasteiger partial charge on any atom is 0.220 e. The van der Waals surface area contributed by atoms with Crippen LogP contribution in [-0.4, -0.2) is 87.5 Å². The zero-order valence-electron chi connectivity index (χ0n) is 49.4. The number of carbonyl (C=O) groups excluding carboxylic acids is 1. The van der Waals surface area contributed by atoms with Gasteiger partial charge in [0.25, 0.3) is 0 Å². The molecule has 1 rings (SSSR count). The minimum absolute atomic E-state index is 0.191. The van der Waals surface area contributed by atoms with Gasteiger partial charge in [-0.2, -0.15) is 0 Å². The van der Waals surface area contributed by atoms with Crippen molar-refractivity contribution in [3.63, 3.8) is 0 Å². The van der Waals surface area contributed by atoms with Gasteiger partial charge in [0.2, 0.25) is 5.91 Å². The molecule has 77 heavy (non-hydrogen) atoms. The summed E-state index contributed by atoms with van der Waals surface area (Å²) in [6.45, 7) is 3.66. The number of nitrogens with one attached hydrogen (secondary N) is 1. The van der Waals surface area contributed by atoms with Gasteiger partial charge in [-0.1, -0.05) is 272 Å². The van der Waals surface area contributed by atoms with E-state index in [0.717, 1.165) is 77.0 Å². The first-order valence-corrected chi connectivity index (χ1v) is 32.0. The van der Waals surface area contributed by atoms with Crippen molar-refractivity contribution < 1.29 is 39.8 Å². The Morgan fingerprint density at radius 3 is 1.25 bits per heavy atom. The highest BCUT2D eigenvalue weighted by Crippen LogP contribution is 2.23. The Labute approximate surface area is 473 Å². The number of unbranched alkanes of at least 4 members (excludes halogenated alkanes) is 30. The first-order chi connectivity index (χ1) is 37.8. The number of hydrogen-bond donors (Lipinski definition) is 6. The molecular formula is C68H119NO8. The van der Waals surface area contributed by atoms with Gasteiger partial charge in [-0.15, -0.1) is 0 Å². The molecule has 6 N–H and O–H groups in total. The van der Waals surface area contributed by atoms with Crippen LogP contribution in [0.25, 0.3) is 0 Å². The Balaban J connectivity index is 2.18. The van der Waals surface area contributed by atoms with E-state index in [0.29, 0.717) is 6.42 Å². The van der Waals surface area contributed by atoms with Crippen molar-refractivity contribution in [1.82, 2.24) is 5.32 Å². The predicted octanol–water partition coefficient (Wildman–Crippen LogP) is 16.7. The molecule has 1 amide bonds. The van der Waals surface area contributed by atoms with E-state index in [-0.39, 0.29) is 12.5 Å². The van der Waals surface area contributed by atoms with Gasteiger partial charge in [0.1, 0.15) is 24.4 Å². The standard InChI is InChI=1S/C68H119NO8/c1-3-5-7-9-11-13-15-17-19-21-23-25-26-27-28-29-30-31-32-33-34-35-36-38-40-42-44-46-48-50-52-54-56-58-64(72)69-61(60-76-68-67(75)66(74)65(73)63(59-70)77-68)62(71)57-55-53-51-49-47-45-43-41-39-37-24-22-20-18-16-14-12-10-8-6-4-2/h5,7,11,13,17,19,23,25,27-28,39,41,47,49,55,57,61-63,65-68,70-71,73-75H,3-4,6,8-10,12,14-16,18,20-22,24,26,29-38,40,42-46,48,50-54,56,58-60H2,1-2H3,(H,69,72)/b7-5-,13-11-,19-17-,25-23-,28-27-,41-39+,49-47+,57-55+. The number of rotatable bonds is 54. The largest absolute Gasteiger partial charge is 0.394 e. The topological polar surface area (TPSA) is 149 Å². The molecule has 1 aliphatic heterocycles. The summed E-state index contributed by atoms with van der Waals surface area (Å²) in [4.78, 5) is 13.1. The average Bonchev–Trinajstić information content (AvgIpc) is 3.43. The molecule has 0 saturated carbocycles. The SMILES string of the molecule is CC/C=C\C/C=C\C/C=C\C/C=C\C/C=C\CCCCCCCCCCCCCCCCCCCC(=O)NC(COC1OC(CO)C(O)C(O)C1O)C(O)/C=C/CC/C=C/CC/C=C/CCCCCCCCCCCCC. The summed E-state index contributed by atoms with van der Waals surface area (Å²) >= 11 is 0. The lowest BCUT2D eigenvalue weighted by Gasteiger charge is -2.40. The molecule has 0 aromatic heterocycles. The normalized spacial score (nSPS) is 19.4. The maximum absolute atomic E-state index is 13.1. The summed E-state index contributed by atoms with van der Waals surface area (Å²) in [7, 11) is 0. The summed E-state index contributed by atoms with van der Waals surface area (Å²) < 4.78 is 11.3. The zero-order chi connectivity index (χ0) is 55.8. The minimum atomic E-state index is -1.58. The highest BCUT2D eigenvalue weighted by molar-refractivity contribution is 5.76. The van der Waals surface area contributed by atoms with E-state index in [1.807, 2.05) is 6.08 Å². The molecule has 9 heteroatoms. The van der Waals surface area contributed by atoms with Crippen LogP contribution in [0.4, 0.5) is 0 Å². The molecule has 0 spiro atoms. The number of aliphatic hydroxyl groups excluding tert-OH is 5. The predicted molar refractivity (Wildman–Crippen MR) is 327 cm³/mol. The van der Waals surface area contributed by atoms with E-state index in [1.54, 1.807) is 6.08 Å². The maximum atomic E-state index is 13.1. The van der Waals surface area contributed by atoms with Crippen molar-refractivity contribution in [2.24, 2.45) is 0 Å². The van der Waals surface area contributed by atoms with Gasteiger partial charge in [0, 0.05) is 6.42 Å². The van der Waals surface area contributed by atoms with E-state index in [4.69, 9.17) is 9.47 Å². The molecule has 7 unspecified atom stereocenters. The lowest BCUT2D eigenvalue weighted by Crippen LogP contribution is -2.60. The molecular weight excluding hydrogens is 959 g/mol. The number of ether oxygens (including phenoxy) is 2. The van der Waals surface area contributed by atoms with Crippen LogP contribution in [0.5, 0.6) is 0 Å². The lowest BCUT2D eigenvalue weighted by molar-refractivity contribution is -0.302. The second-order valence-corrected chi connectivity index (χ2v) is 21.8. The quantitative estimate of drug-likeness (QED) is 0.0261. The Hall–Kier alpha value is -2.89. The van der Waals surface area contributed by atoms with E-state index >= 15 is 0 Å². The van der Waals surface area contributed by atoms with Crippen molar-refractivity contribution in [3.05, 3.63) is 97.2 Å². The van der Waals surface area contributed by atoms with Gasteiger partial charge in [-0.25, -0.2) is 0 Å². The monoisotopic (exact) mass is 1080 g/mol. The third-order valence-electron chi connectivity index (χ3n) is 14.6. The molecule has 9 nitrogen and oxygen atoms in total. The van der Waals surface area contributed by atoms with Gasteiger partial charge in [0.05, 0.1) is 25.4 Å². The molecule has 0 radical (unpaired) electrons. The van der Waals surface area contributed by atoms with Crippen molar-refractivity contribution in [3.8, 4) is 0 Å². The highest BCUT2D eigenvalue weighted by atomic mass is 16.7. The summed E-state index contributed by atoms with van der Waals surface area (Å²) in [5.74, 6) is -0.191. The van der Waals surface area contributed by atoms with E-state index in [9.17, 15) is 30.3 Å². The molecule has 0 aromatic carbocycles. The van der Waals surface area contributed by atoms with Gasteiger partial charge in [-0.05, 0) is 89.9 Å². The molecule has 0 aliphatic carbocycles. The second-order valence-electron chi connectivity index (χ2n) is 21.8. The first kappa shape index (κ1) is 72.1. The minimum Gasteiger partial charge on any atom is -0.394 e. The van der Waals surface area contributed by atoms with Crippen LogP contribution in [0.3, 0.4) is 0 Å². The summed E-state index contributed by atoms with van der Waals surface area (Å²) in [6, 6.07) is -0.833. The average molecular weight is 1080 g/mol. The number of allylic oxidation sites excluding steroid dienone is 15. The number of aliphatic hydroxyl groups is 5. The van der Waals surface area contributed by atoms with Crippen LogP contribution in [0.1, 0.15) is 271 Å². The van der Waals surface area contributed by atoms with Gasteiger partial charge >= 0.3 is 0 Å². The number of hydrogen-bond acceptors (Lipinski definition) is 8. The number of amides is 1. The molecule has 1 saturated heterocycles. The Morgan fingerprint density at radius 1 is 0.455 bits per heavy atom. The molecule has 1 fully saturated rings. The fourth-order valence-electron chi connectivity index (χ4n) is 9.63. The molecule has 7 atom stereocenters. The lowest BCUT2D eigenvalue weighted by atomic mass is 9.99. The molecule has 1 heterocycles. The third kappa shape index (κ3) is 45.5. The zero-order valence-corrected chi connectivity index (χ0v) is 49.4. The fourth-order valence-corrected chi connectivity index (χ4v) is 9.63. The first-order valence-electron chi connectivity index (χ1n) is 32.0. The van der Waals surface area contributed by atoms with Crippen LogP contribution in [0.15, 0.2) is 97.2 Å². The molecule has 0 bridgehead atoms. The summed E-state index contributed by atoms with van der Waals surface area (Å²) in [5.41, 5.74) is 0. The highest BCUT2D eigenvalue weighted by Gasteiger charge is 2.44.